The van der Waals surface area contributed by atoms with Crippen LogP contribution in [0.3, 0.4) is 0 Å². The average molecular weight is 423 g/mol. The second-order valence-corrected chi connectivity index (χ2v) is 8.41. The van der Waals surface area contributed by atoms with Gasteiger partial charge in [-0.25, -0.2) is 0 Å². The molecule has 0 spiro atoms. The molecule has 0 bridgehead atoms. The van der Waals surface area contributed by atoms with Crippen LogP contribution < -0.4 is 9.47 Å². The molecule has 3 nitrogen and oxygen atoms in total. The third-order valence-corrected chi connectivity index (χ3v) is 5.82. The monoisotopic (exact) mass is 422 g/mol. The molecule has 0 fully saturated rings. The molecule has 5 aromatic carbocycles. The summed E-state index contributed by atoms with van der Waals surface area (Å²) in [6.45, 7) is 4.48. The maximum atomic E-state index is 10.6. The highest BCUT2D eigenvalue weighted by molar-refractivity contribution is 6.05. The largest absolute Gasteiger partial charge is 0.490 e. The van der Waals surface area contributed by atoms with Gasteiger partial charge in [-0.2, -0.15) is 0 Å². The Bertz CT molecular complexity index is 1420. The number of rotatable bonds is 6. The van der Waals surface area contributed by atoms with Gasteiger partial charge in [0.15, 0.2) is 0 Å². The number of aliphatic hydroxyl groups is 1. The predicted octanol–water partition coefficient (Wildman–Crippen LogP) is 6.58. The predicted molar refractivity (Wildman–Crippen MR) is 132 cm³/mol. The number of hydrogen-bond acceptors (Lipinski definition) is 3. The minimum Gasteiger partial charge on any atom is -0.490 e. The molecule has 0 amide bonds. The first-order valence-corrected chi connectivity index (χ1v) is 10.9. The summed E-state index contributed by atoms with van der Waals surface area (Å²) >= 11 is 0. The van der Waals surface area contributed by atoms with Gasteiger partial charge < -0.3 is 14.6 Å². The summed E-state index contributed by atoms with van der Waals surface area (Å²) in [7, 11) is 0. The van der Waals surface area contributed by atoms with Crippen molar-refractivity contribution in [2.75, 3.05) is 13.2 Å². The Labute approximate surface area is 187 Å². The highest BCUT2D eigenvalue weighted by Gasteiger charge is 2.13. The van der Waals surface area contributed by atoms with Crippen molar-refractivity contribution in [3.8, 4) is 11.5 Å². The van der Waals surface area contributed by atoms with E-state index in [-0.39, 0.29) is 13.2 Å². The second-order valence-electron chi connectivity index (χ2n) is 8.41. The van der Waals surface area contributed by atoms with Crippen LogP contribution >= 0.6 is 0 Å². The SMILES string of the molecule is Cc1ccc2c(OCC(O)COc3cccc4ccccc34)c3cc(C)ccc3cc2c1. The minimum atomic E-state index is -0.755. The summed E-state index contributed by atoms with van der Waals surface area (Å²) < 4.78 is 12.2. The van der Waals surface area contributed by atoms with Crippen molar-refractivity contribution in [3.63, 3.8) is 0 Å². The number of aliphatic hydroxyl groups excluding tert-OH is 1. The molecule has 1 N–H and O–H groups in total. The quantitative estimate of drug-likeness (QED) is 0.314. The smallest absolute Gasteiger partial charge is 0.135 e. The third kappa shape index (κ3) is 4.00. The molecule has 5 rings (SSSR count). The zero-order chi connectivity index (χ0) is 22.1. The molecule has 32 heavy (non-hydrogen) atoms. The lowest BCUT2D eigenvalue weighted by Gasteiger charge is -2.18. The first-order valence-electron chi connectivity index (χ1n) is 10.9. The molecule has 1 atom stereocenters. The molecule has 0 aromatic heterocycles. The van der Waals surface area contributed by atoms with Crippen LogP contribution in [0.5, 0.6) is 11.5 Å². The van der Waals surface area contributed by atoms with Gasteiger partial charge >= 0.3 is 0 Å². The summed E-state index contributed by atoms with van der Waals surface area (Å²) in [6.07, 6.45) is -0.755. The van der Waals surface area contributed by atoms with E-state index in [1.54, 1.807) is 0 Å². The van der Waals surface area contributed by atoms with Gasteiger partial charge in [0, 0.05) is 16.2 Å². The van der Waals surface area contributed by atoms with E-state index in [4.69, 9.17) is 9.47 Å². The number of hydrogen-bond donors (Lipinski definition) is 1. The van der Waals surface area contributed by atoms with Crippen molar-refractivity contribution in [2.45, 2.75) is 20.0 Å². The molecular formula is C29H26O3. The minimum absolute atomic E-state index is 0.154. The standard InChI is InChI=1S/C29H26O3/c1-19-11-13-26-23(14-19)16-22-12-10-20(2)15-27(22)29(26)32-18-24(30)17-31-28-9-5-7-21-6-3-4-8-25(21)28/h3-16,24,30H,17-18H2,1-2H3. The Hall–Kier alpha value is -3.56. The zero-order valence-corrected chi connectivity index (χ0v) is 18.3. The molecule has 0 aliphatic carbocycles. The van der Waals surface area contributed by atoms with Crippen LogP contribution in [0.25, 0.3) is 32.3 Å². The molecular weight excluding hydrogens is 396 g/mol. The molecule has 0 aliphatic rings. The van der Waals surface area contributed by atoms with Crippen molar-refractivity contribution in [1.82, 2.24) is 0 Å². The van der Waals surface area contributed by atoms with Crippen molar-refractivity contribution >= 4 is 32.3 Å². The van der Waals surface area contributed by atoms with Gasteiger partial charge in [-0.15, -0.1) is 0 Å². The average Bonchev–Trinajstić information content (AvgIpc) is 2.80. The van der Waals surface area contributed by atoms with Crippen LogP contribution in [0.1, 0.15) is 11.1 Å². The van der Waals surface area contributed by atoms with Gasteiger partial charge in [-0.05, 0) is 48.2 Å². The molecule has 160 valence electrons. The van der Waals surface area contributed by atoms with Gasteiger partial charge in [0.25, 0.3) is 0 Å². The van der Waals surface area contributed by atoms with Crippen molar-refractivity contribution < 1.29 is 14.6 Å². The Morgan fingerprint density at radius 1 is 0.625 bits per heavy atom. The first kappa shape index (κ1) is 20.3. The van der Waals surface area contributed by atoms with Crippen LogP contribution in [0.4, 0.5) is 0 Å². The lowest BCUT2D eigenvalue weighted by atomic mass is 9.99. The molecule has 0 saturated carbocycles. The van der Waals surface area contributed by atoms with E-state index in [0.29, 0.717) is 0 Å². The molecule has 0 radical (unpaired) electrons. The van der Waals surface area contributed by atoms with Crippen molar-refractivity contribution in [2.24, 2.45) is 0 Å². The van der Waals surface area contributed by atoms with Crippen LogP contribution in [0.15, 0.2) is 84.9 Å². The molecule has 3 heteroatoms. The number of ether oxygens (including phenoxy) is 2. The van der Waals surface area contributed by atoms with E-state index in [1.807, 2.05) is 30.3 Å². The van der Waals surface area contributed by atoms with Crippen LogP contribution in [-0.2, 0) is 0 Å². The molecule has 0 heterocycles. The summed E-state index contributed by atoms with van der Waals surface area (Å²) in [6, 6.07) is 29.0. The van der Waals surface area contributed by atoms with Crippen molar-refractivity contribution in [3.05, 3.63) is 96.1 Å². The highest BCUT2D eigenvalue weighted by atomic mass is 16.5. The van der Waals surface area contributed by atoms with Gasteiger partial charge in [0.05, 0.1) is 0 Å². The fraction of sp³-hybridized carbons (Fsp3) is 0.172. The third-order valence-electron chi connectivity index (χ3n) is 5.82. The van der Waals surface area contributed by atoms with Gasteiger partial charge in [0.2, 0.25) is 0 Å². The zero-order valence-electron chi connectivity index (χ0n) is 18.3. The van der Waals surface area contributed by atoms with Gasteiger partial charge in [-0.3, -0.25) is 0 Å². The van der Waals surface area contributed by atoms with E-state index in [2.05, 4.69) is 68.4 Å². The lowest BCUT2D eigenvalue weighted by molar-refractivity contribution is 0.0642. The number of benzene rings is 5. The van der Waals surface area contributed by atoms with Gasteiger partial charge in [-0.1, -0.05) is 77.9 Å². The Morgan fingerprint density at radius 3 is 2.28 bits per heavy atom. The van der Waals surface area contributed by atoms with Gasteiger partial charge in [0.1, 0.15) is 30.8 Å². The normalized spacial score (nSPS) is 12.3. The summed E-state index contributed by atoms with van der Waals surface area (Å²) in [5.74, 6) is 1.58. The number of aryl methyl sites for hydroxylation is 2. The van der Waals surface area contributed by atoms with E-state index in [0.717, 1.165) is 43.8 Å². The molecule has 5 aromatic rings. The molecule has 0 aliphatic heterocycles. The van der Waals surface area contributed by atoms with E-state index >= 15 is 0 Å². The number of fused-ring (bicyclic) bond motifs is 3. The van der Waals surface area contributed by atoms with E-state index in [9.17, 15) is 5.11 Å². The van der Waals surface area contributed by atoms with Crippen LogP contribution in [0, 0.1) is 13.8 Å². The summed E-state index contributed by atoms with van der Waals surface area (Å²) in [5.41, 5.74) is 2.38. The van der Waals surface area contributed by atoms with Crippen LogP contribution in [-0.4, -0.2) is 24.4 Å². The Morgan fingerprint density at radius 2 is 1.38 bits per heavy atom. The van der Waals surface area contributed by atoms with Crippen molar-refractivity contribution in [1.29, 1.82) is 0 Å². The maximum Gasteiger partial charge on any atom is 0.135 e. The molecule has 0 saturated heterocycles. The fourth-order valence-corrected chi connectivity index (χ4v) is 4.20. The topological polar surface area (TPSA) is 38.7 Å². The Balaban J connectivity index is 1.38. The highest BCUT2D eigenvalue weighted by Crippen LogP contribution is 2.36. The van der Waals surface area contributed by atoms with E-state index < -0.39 is 6.10 Å². The lowest BCUT2D eigenvalue weighted by Crippen LogP contribution is -2.25. The maximum absolute atomic E-state index is 10.6. The van der Waals surface area contributed by atoms with Crippen LogP contribution in [0.2, 0.25) is 0 Å². The van der Waals surface area contributed by atoms with E-state index in [1.165, 1.54) is 11.1 Å². The second kappa shape index (κ2) is 8.52. The fourth-order valence-electron chi connectivity index (χ4n) is 4.20. The summed E-state index contributed by atoms with van der Waals surface area (Å²) in [4.78, 5) is 0. The first-order chi connectivity index (χ1) is 15.6. The molecule has 1 unspecified atom stereocenters. The Kier molecular flexibility index (Phi) is 5.42. The summed E-state index contributed by atoms with van der Waals surface area (Å²) in [5, 5.41) is 17.2.